The number of anilines is 2. The summed E-state index contributed by atoms with van der Waals surface area (Å²) in [6.45, 7) is -3.63. The first kappa shape index (κ1) is 33.2. The molecule has 4 bridgehead atoms. The molecular formula is C28H25F6N5O5. The van der Waals surface area contributed by atoms with E-state index in [0.717, 1.165) is 11.6 Å². The van der Waals surface area contributed by atoms with Gasteiger partial charge in [0.1, 0.15) is 11.9 Å². The summed E-state index contributed by atoms with van der Waals surface area (Å²) in [5.74, 6) is -5.57. The topological polar surface area (TPSA) is 167 Å². The SMILES string of the molecule is N=C(N)c1ccc(N[C@H]2C(=O)NCc3cc(cc(F)c3OC(F)F)NC(=O)CCc3cccc2c3)cc1.O=C(O)C(F)(F)F. The average molecular weight is 626 g/mol. The maximum atomic E-state index is 14.6. The number of rotatable bonds is 5. The minimum absolute atomic E-state index is 0.0550. The van der Waals surface area contributed by atoms with E-state index in [1.165, 1.54) is 6.07 Å². The van der Waals surface area contributed by atoms with Gasteiger partial charge < -0.3 is 31.5 Å². The van der Waals surface area contributed by atoms with E-state index in [1.54, 1.807) is 42.5 Å². The number of hydrogen-bond acceptors (Lipinski definition) is 6. The van der Waals surface area contributed by atoms with Crippen LogP contribution in [0.4, 0.5) is 37.7 Å². The van der Waals surface area contributed by atoms with Gasteiger partial charge in [-0.25, -0.2) is 9.18 Å². The number of carboxylic acid groups (broad SMARTS) is 1. The third-order valence-corrected chi connectivity index (χ3v) is 6.00. The van der Waals surface area contributed by atoms with E-state index < -0.39 is 42.3 Å². The Bertz CT molecular complexity index is 1530. The second-order valence-corrected chi connectivity index (χ2v) is 9.21. The number of amidine groups is 1. The van der Waals surface area contributed by atoms with Crippen LogP contribution >= 0.6 is 0 Å². The predicted octanol–water partition coefficient (Wildman–Crippen LogP) is 4.70. The van der Waals surface area contributed by atoms with E-state index in [-0.39, 0.29) is 36.0 Å². The van der Waals surface area contributed by atoms with Crippen molar-refractivity contribution >= 4 is 35.0 Å². The molecule has 0 aromatic heterocycles. The molecule has 1 heterocycles. The van der Waals surface area contributed by atoms with E-state index >= 15 is 0 Å². The molecule has 4 rings (SSSR count). The van der Waals surface area contributed by atoms with Crippen LogP contribution in [0.5, 0.6) is 5.75 Å². The van der Waals surface area contributed by atoms with Crippen molar-refractivity contribution in [1.82, 2.24) is 5.32 Å². The Morgan fingerprint density at radius 1 is 1.07 bits per heavy atom. The zero-order chi connectivity index (χ0) is 32.6. The molecule has 0 aliphatic carbocycles. The smallest absolute Gasteiger partial charge is 0.475 e. The minimum Gasteiger partial charge on any atom is -0.475 e. The monoisotopic (exact) mass is 625 g/mol. The van der Waals surface area contributed by atoms with Gasteiger partial charge in [-0.05, 0) is 47.9 Å². The molecule has 0 spiro atoms. The van der Waals surface area contributed by atoms with Gasteiger partial charge in [-0.1, -0.05) is 24.3 Å². The molecule has 7 N–H and O–H groups in total. The second-order valence-electron chi connectivity index (χ2n) is 9.21. The number of hydrogen-bond donors (Lipinski definition) is 6. The number of alkyl halides is 5. The number of aliphatic carboxylic acids is 1. The van der Waals surface area contributed by atoms with Crippen molar-refractivity contribution in [3.63, 3.8) is 0 Å². The Morgan fingerprint density at radius 2 is 1.73 bits per heavy atom. The molecule has 10 nitrogen and oxygen atoms in total. The van der Waals surface area contributed by atoms with E-state index in [0.29, 0.717) is 23.2 Å². The first-order valence-electron chi connectivity index (χ1n) is 12.6. The molecule has 0 fully saturated rings. The van der Waals surface area contributed by atoms with E-state index in [4.69, 9.17) is 21.0 Å². The van der Waals surface area contributed by atoms with Gasteiger partial charge in [0.05, 0.1) is 0 Å². The Morgan fingerprint density at radius 3 is 2.32 bits per heavy atom. The highest BCUT2D eigenvalue weighted by atomic mass is 19.4. The van der Waals surface area contributed by atoms with Crippen molar-refractivity contribution in [3.05, 3.63) is 88.7 Å². The molecule has 234 valence electrons. The van der Waals surface area contributed by atoms with Gasteiger partial charge in [-0.2, -0.15) is 22.0 Å². The zero-order valence-corrected chi connectivity index (χ0v) is 22.5. The molecule has 0 saturated heterocycles. The number of ether oxygens (including phenoxy) is 1. The molecule has 1 atom stereocenters. The molecule has 2 amide bonds. The van der Waals surface area contributed by atoms with Crippen molar-refractivity contribution in [2.24, 2.45) is 5.73 Å². The summed E-state index contributed by atoms with van der Waals surface area (Å²) in [4.78, 5) is 34.7. The minimum atomic E-state index is -5.08. The van der Waals surface area contributed by atoms with E-state index in [2.05, 4.69) is 20.7 Å². The lowest BCUT2D eigenvalue weighted by Gasteiger charge is -2.22. The van der Waals surface area contributed by atoms with Crippen molar-refractivity contribution < 1.29 is 50.6 Å². The van der Waals surface area contributed by atoms with Gasteiger partial charge in [0.2, 0.25) is 11.8 Å². The van der Waals surface area contributed by atoms with Crippen LogP contribution in [-0.2, 0) is 27.3 Å². The number of halogens is 6. The maximum absolute atomic E-state index is 14.6. The van der Waals surface area contributed by atoms with Crippen LogP contribution < -0.4 is 26.4 Å². The quantitative estimate of drug-likeness (QED) is 0.136. The van der Waals surface area contributed by atoms with Crippen LogP contribution in [0.25, 0.3) is 0 Å². The number of carboxylic acids is 1. The van der Waals surface area contributed by atoms with Crippen LogP contribution in [0.15, 0.2) is 60.7 Å². The average Bonchev–Trinajstić information content (AvgIpc) is 2.94. The fraction of sp³-hybridized carbons (Fsp3) is 0.214. The third kappa shape index (κ3) is 9.37. The van der Waals surface area contributed by atoms with Crippen LogP contribution in [0.3, 0.4) is 0 Å². The van der Waals surface area contributed by atoms with Gasteiger partial charge in [0.15, 0.2) is 11.6 Å². The summed E-state index contributed by atoms with van der Waals surface area (Å²) >= 11 is 0. The molecule has 3 aromatic rings. The van der Waals surface area contributed by atoms with Crippen molar-refractivity contribution in [1.29, 1.82) is 5.41 Å². The number of amides is 2. The normalized spacial score (nSPS) is 15.1. The zero-order valence-electron chi connectivity index (χ0n) is 22.5. The molecular weight excluding hydrogens is 600 g/mol. The summed E-state index contributed by atoms with van der Waals surface area (Å²) in [5, 5.41) is 23.0. The van der Waals surface area contributed by atoms with Gasteiger partial charge in [-0.3, -0.25) is 15.0 Å². The highest BCUT2D eigenvalue weighted by Crippen LogP contribution is 2.30. The first-order chi connectivity index (χ1) is 20.6. The molecule has 3 aromatic carbocycles. The fourth-order valence-electron chi connectivity index (χ4n) is 3.98. The Kier molecular flexibility index (Phi) is 10.8. The number of aryl methyl sites for hydroxylation is 1. The third-order valence-electron chi connectivity index (χ3n) is 6.00. The molecule has 44 heavy (non-hydrogen) atoms. The van der Waals surface area contributed by atoms with Gasteiger partial charge >= 0.3 is 18.8 Å². The fourth-order valence-corrected chi connectivity index (χ4v) is 3.98. The molecule has 1 aliphatic heterocycles. The van der Waals surface area contributed by atoms with Gasteiger partial charge in [0, 0.05) is 41.5 Å². The highest BCUT2D eigenvalue weighted by Gasteiger charge is 2.38. The number of nitrogens with one attached hydrogen (secondary N) is 4. The van der Waals surface area contributed by atoms with Crippen LogP contribution in [0.2, 0.25) is 0 Å². The Balaban J connectivity index is 0.000000676. The second kappa shape index (κ2) is 14.3. The van der Waals surface area contributed by atoms with Gasteiger partial charge in [0.25, 0.3) is 0 Å². The summed E-state index contributed by atoms with van der Waals surface area (Å²) in [6, 6.07) is 15.0. The molecule has 16 heteroatoms. The number of fused-ring (bicyclic) bond motifs is 4. The Labute approximate surface area is 245 Å². The van der Waals surface area contributed by atoms with Gasteiger partial charge in [-0.15, -0.1) is 0 Å². The largest absolute Gasteiger partial charge is 0.490 e. The summed E-state index contributed by atoms with van der Waals surface area (Å²) in [7, 11) is 0. The number of carbonyl (C=O) groups is 3. The molecule has 0 radical (unpaired) electrons. The maximum Gasteiger partial charge on any atom is 0.490 e. The van der Waals surface area contributed by atoms with Crippen molar-refractivity contribution in [2.75, 3.05) is 10.6 Å². The number of carbonyl (C=O) groups excluding carboxylic acids is 2. The van der Waals surface area contributed by atoms with Crippen LogP contribution in [-0.4, -0.2) is 41.5 Å². The summed E-state index contributed by atoms with van der Waals surface area (Å²) < 4.78 is 76.6. The van der Waals surface area contributed by atoms with Crippen molar-refractivity contribution in [2.45, 2.75) is 38.2 Å². The van der Waals surface area contributed by atoms with E-state index in [9.17, 15) is 35.9 Å². The van der Waals surface area contributed by atoms with E-state index in [1.807, 2.05) is 6.07 Å². The molecule has 1 aliphatic rings. The summed E-state index contributed by atoms with van der Waals surface area (Å²) in [5.41, 5.74) is 7.96. The lowest BCUT2D eigenvalue weighted by Crippen LogP contribution is -2.33. The summed E-state index contributed by atoms with van der Waals surface area (Å²) in [6.07, 6.45) is -4.66. The van der Waals surface area contributed by atoms with Crippen molar-refractivity contribution in [3.8, 4) is 5.75 Å². The van der Waals surface area contributed by atoms with Crippen LogP contribution in [0.1, 0.15) is 34.7 Å². The van der Waals surface area contributed by atoms with Crippen LogP contribution in [0, 0.1) is 11.2 Å². The predicted molar refractivity (Wildman–Crippen MR) is 146 cm³/mol. The highest BCUT2D eigenvalue weighted by molar-refractivity contribution is 5.95. The molecule has 0 saturated carbocycles. The standard InChI is InChI=1S/C26H24F3N5O3.C2HF3O2/c27-20-12-19-11-17(23(20)37-26(28)29)13-32-25(36)22(34-18-7-5-15(6-8-18)24(30)31)16-3-1-2-14(10-16)4-9-21(35)33-19;3-2(4,5)1(6)7/h1-3,5-8,10-12,22,26,34H,4,9,13H2,(H3,30,31)(H,32,36)(H,33,35);(H,6,7)/t22-;/m1./s1. The first-order valence-corrected chi connectivity index (χ1v) is 12.6. The number of nitrogen functional groups attached to an aromatic ring is 1. The molecule has 0 unspecified atom stereocenters. The lowest BCUT2D eigenvalue weighted by atomic mass is 9.99. The Hall–Kier alpha value is -5.28. The lowest BCUT2D eigenvalue weighted by molar-refractivity contribution is -0.192. The number of benzene rings is 3. The number of nitrogens with two attached hydrogens (primary N) is 1.